The second-order valence-corrected chi connectivity index (χ2v) is 8.11. The van der Waals surface area contributed by atoms with Crippen LogP contribution in [0.25, 0.3) is 0 Å². The average Bonchev–Trinajstić information content (AvgIpc) is 2.90. The van der Waals surface area contributed by atoms with Gasteiger partial charge in [0, 0.05) is 5.56 Å². The van der Waals surface area contributed by atoms with Crippen LogP contribution in [-0.2, 0) is 0 Å². The summed E-state index contributed by atoms with van der Waals surface area (Å²) in [6.07, 6.45) is 4.39. The van der Waals surface area contributed by atoms with Gasteiger partial charge in [-0.15, -0.1) is 0 Å². The van der Waals surface area contributed by atoms with Crippen LogP contribution in [0, 0.1) is 17.3 Å². The molecule has 2 saturated carbocycles. The van der Waals surface area contributed by atoms with Crippen LogP contribution in [0.4, 0.5) is 0 Å². The van der Waals surface area contributed by atoms with Gasteiger partial charge in [0.1, 0.15) is 0 Å². The summed E-state index contributed by atoms with van der Waals surface area (Å²) in [5, 5.41) is 33.9. The first-order chi connectivity index (χ1) is 12.0. The van der Waals surface area contributed by atoms with E-state index in [1.807, 2.05) is 13.0 Å². The molecule has 0 amide bonds. The van der Waals surface area contributed by atoms with E-state index in [4.69, 9.17) is 4.74 Å². The molecule has 4 rings (SSSR count). The van der Waals surface area contributed by atoms with E-state index in [0.717, 1.165) is 36.8 Å². The molecule has 1 aromatic rings. The minimum Gasteiger partial charge on any atom is -0.504 e. The third-order valence-corrected chi connectivity index (χ3v) is 7.08. The zero-order valence-corrected chi connectivity index (χ0v) is 14.9. The summed E-state index contributed by atoms with van der Waals surface area (Å²) >= 11 is 0. The summed E-state index contributed by atoms with van der Waals surface area (Å²) in [5.41, 5.74) is 2.57. The predicted octanol–water partition coefficient (Wildman–Crippen LogP) is 3.64. The molecule has 5 nitrogen and oxygen atoms in total. The Labute approximate surface area is 148 Å². The van der Waals surface area contributed by atoms with E-state index in [2.05, 4.69) is 12.1 Å². The lowest BCUT2D eigenvalue weighted by molar-refractivity contribution is -0.0178. The van der Waals surface area contributed by atoms with Crippen LogP contribution in [0.15, 0.2) is 17.3 Å². The largest absolute Gasteiger partial charge is 0.504 e. The highest BCUT2D eigenvalue weighted by atomic mass is 16.5. The summed E-state index contributed by atoms with van der Waals surface area (Å²) < 4.78 is 5.58. The van der Waals surface area contributed by atoms with Gasteiger partial charge < -0.3 is 20.2 Å². The Bertz CT molecular complexity index is 716. The van der Waals surface area contributed by atoms with E-state index in [0.29, 0.717) is 42.2 Å². The Morgan fingerprint density at radius 3 is 2.80 bits per heavy atom. The molecule has 1 unspecified atom stereocenters. The molecule has 2 fully saturated rings. The van der Waals surface area contributed by atoms with Crippen LogP contribution < -0.4 is 4.74 Å². The number of rotatable bonds is 2. The zero-order valence-electron chi connectivity index (χ0n) is 14.9. The van der Waals surface area contributed by atoms with Gasteiger partial charge in [0.25, 0.3) is 0 Å². The van der Waals surface area contributed by atoms with Crippen molar-refractivity contribution in [3.8, 4) is 11.5 Å². The number of aliphatic hydroxyl groups excluding tert-OH is 1. The van der Waals surface area contributed by atoms with E-state index in [-0.39, 0.29) is 17.3 Å². The Kier molecular flexibility index (Phi) is 3.95. The van der Waals surface area contributed by atoms with Gasteiger partial charge in [-0.2, -0.15) is 0 Å². The Balaban J connectivity index is 1.79. The Morgan fingerprint density at radius 1 is 1.28 bits per heavy atom. The number of hydrogen-bond acceptors (Lipinski definition) is 5. The van der Waals surface area contributed by atoms with Crippen molar-refractivity contribution < 1.29 is 20.2 Å². The van der Waals surface area contributed by atoms with Crippen LogP contribution in [0.1, 0.15) is 63.0 Å². The summed E-state index contributed by atoms with van der Waals surface area (Å²) in [5.74, 6) is 1.77. The first-order valence-electron chi connectivity index (χ1n) is 9.38. The highest BCUT2D eigenvalue weighted by molar-refractivity contribution is 6.03. The second-order valence-electron chi connectivity index (χ2n) is 8.11. The maximum Gasteiger partial charge on any atom is 0.161 e. The number of fused-ring (bicyclic) bond motifs is 5. The molecular formula is C20H27NO4. The lowest BCUT2D eigenvalue weighted by Gasteiger charge is -2.50. The molecule has 0 heterocycles. The lowest BCUT2D eigenvalue weighted by Crippen LogP contribution is -2.45. The molecule has 0 aliphatic heterocycles. The Hall–Kier alpha value is -1.75. The van der Waals surface area contributed by atoms with E-state index < -0.39 is 0 Å². The van der Waals surface area contributed by atoms with Gasteiger partial charge in [-0.3, -0.25) is 0 Å². The van der Waals surface area contributed by atoms with Crippen LogP contribution in [0.3, 0.4) is 0 Å². The van der Waals surface area contributed by atoms with Crippen molar-refractivity contribution in [2.24, 2.45) is 22.4 Å². The van der Waals surface area contributed by atoms with Gasteiger partial charge in [-0.1, -0.05) is 12.1 Å². The highest BCUT2D eigenvalue weighted by Gasteiger charge is 2.55. The summed E-state index contributed by atoms with van der Waals surface area (Å²) in [7, 11) is 0. The molecule has 3 aliphatic rings. The molecule has 0 bridgehead atoms. The van der Waals surface area contributed by atoms with Crippen LogP contribution >= 0.6 is 0 Å². The second kappa shape index (κ2) is 5.90. The van der Waals surface area contributed by atoms with Gasteiger partial charge >= 0.3 is 0 Å². The zero-order chi connectivity index (χ0) is 17.8. The monoisotopic (exact) mass is 345 g/mol. The number of ether oxygens (including phenoxy) is 1. The topological polar surface area (TPSA) is 82.3 Å². The maximum atomic E-state index is 10.5. The first-order valence-corrected chi connectivity index (χ1v) is 9.38. The molecular weight excluding hydrogens is 318 g/mol. The number of aliphatic hydroxyl groups is 1. The predicted molar refractivity (Wildman–Crippen MR) is 94.5 cm³/mol. The number of phenols is 1. The van der Waals surface area contributed by atoms with Crippen molar-refractivity contribution in [2.75, 3.05) is 6.61 Å². The summed E-state index contributed by atoms with van der Waals surface area (Å²) in [6, 6.07) is 3.62. The van der Waals surface area contributed by atoms with Crippen LogP contribution in [0.2, 0.25) is 0 Å². The van der Waals surface area contributed by atoms with Gasteiger partial charge in [0.15, 0.2) is 11.5 Å². The lowest BCUT2D eigenvalue weighted by atomic mass is 9.55. The number of aromatic hydroxyl groups is 1. The fourth-order valence-corrected chi connectivity index (χ4v) is 5.77. The highest BCUT2D eigenvalue weighted by Crippen LogP contribution is 2.61. The molecule has 5 atom stereocenters. The molecule has 25 heavy (non-hydrogen) atoms. The summed E-state index contributed by atoms with van der Waals surface area (Å²) in [4.78, 5) is 0. The number of oxime groups is 1. The molecule has 0 aromatic heterocycles. The number of phenolic OH excluding ortho intramolecular Hbond substituents is 1. The van der Waals surface area contributed by atoms with E-state index in [1.165, 1.54) is 0 Å². The van der Waals surface area contributed by atoms with Gasteiger partial charge in [-0.25, -0.2) is 0 Å². The van der Waals surface area contributed by atoms with Crippen molar-refractivity contribution in [1.29, 1.82) is 0 Å². The first kappa shape index (κ1) is 16.7. The van der Waals surface area contributed by atoms with Gasteiger partial charge in [0.05, 0.1) is 18.4 Å². The normalized spacial score (nSPS) is 38.1. The van der Waals surface area contributed by atoms with E-state index in [1.54, 1.807) is 6.07 Å². The standard InChI is InChI=1S/C20H27NO4/c1-3-25-18-10-12-11-6-7-20(2)15(4-5-19(20)23)13(11)8-16(21-24)14(12)9-17(18)22/h9-11,13,15,19,22-24H,3-8H2,1-2H3/b21-16-/t11-,13-,15+,19?,20+/m1/s1. The average molecular weight is 345 g/mol. The van der Waals surface area contributed by atoms with Crippen LogP contribution in [-0.4, -0.2) is 33.8 Å². The number of benzene rings is 1. The molecule has 0 saturated heterocycles. The number of nitrogens with zero attached hydrogens (tertiary/aromatic N) is 1. The molecule has 0 spiro atoms. The molecule has 0 radical (unpaired) electrons. The third kappa shape index (κ3) is 2.35. The van der Waals surface area contributed by atoms with Crippen molar-refractivity contribution in [3.63, 3.8) is 0 Å². The molecule has 1 aromatic carbocycles. The van der Waals surface area contributed by atoms with Crippen molar-refractivity contribution >= 4 is 5.71 Å². The smallest absolute Gasteiger partial charge is 0.161 e. The maximum absolute atomic E-state index is 10.5. The molecule has 3 aliphatic carbocycles. The fourth-order valence-electron chi connectivity index (χ4n) is 5.77. The molecule has 5 heteroatoms. The molecule has 136 valence electrons. The minimum atomic E-state index is -0.229. The van der Waals surface area contributed by atoms with Gasteiger partial charge in [-0.05, 0) is 79.9 Å². The van der Waals surface area contributed by atoms with E-state index in [9.17, 15) is 15.4 Å². The number of hydrogen-bond donors (Lipinski definition) is 3. The fraction of sp³-hybridized carbons (Fsp3) is 0.650. The van der Waals surface area contributed by atoms with Crippen molar-refractivity contribution in [2.45, 2.75) is 58.0 Å². The molecule has 3 N–H and O–H groups in total. The minimum absolute atomic E-state index is 0.0289. The Morgan fingerprint density at radius 2 is 2.08 bits per heavy atom. The van der Waals surface area contributed by atoms with Gasteiger partial charge in [0.2, 0.25) is 0 Å². The van der Waals surface area contributed by atoms with E-state index >= 15 is 0 Å². The van der Waals surface area contributed by atoms with Crippen LogP contribution in [0.5, 0.6) is 11.5 Å². The third-order valence-electron chi connectivity index (χ3n) is 7.08. The van der Waals surface area contributed by atoms with Crippen molar-refractivity contribution in [1.82, 2.24) is 0 Å². The SMILES string of the molecule is CCOc1cc2c(cc1O)/C(=N\O)C[C@@H]1[C@@H]2CC[C@]2(C)C(O)CC[C@@H]12. The summed E-state index contributed by atoms with van der Waals surface area (Å²) in [6.45, 7) is 4.61. The quantitative estimate of drug-likeness (QED) is 0.564. The van der Waals surface area contributed by atoms with Crippen molar-refractivity contribution in [3.05, 3.63) is 23.3 Å².